The highest BCUT2D eigenvalue weighted by atomic mass is 16.4. The number of anilines is 1. The Morgan fingerprint density at radius 1 is 1.35 bits per heavy atom. The number of hydrogen-bond donors (Lipinski definition) is 2. The number of aliphatic carboxylic acids is 1. The van der Waals surface area contributed by atoms with Crippen LogP contribution in [0.25, 0.3) is 0 Å². The van der Waals surface area contributed by atoms with Crippen molar-refractivity contribution in [3.05, 3.63) is 29.3 Å². The van der Waals surface area contributed by atoms with E-state index in [1.54, 1.807) is 18.2 Å². The molecule has 2 rings (SSSR count). The van der Waals surface area contributed by atoms with E-state index >= 15 is 0 Å². The highest BCUT2D eigenvalue weighted by Gasteiger charge is 2.35. The summed E-state index contributed by atoms with van der Waals surface area (Å²) in [6.07, 6.45) is 0.306. The van der Waals surface area contributed by atoms with Gasteiger partial charge in [-0.05, 0) is 31.5 Å². The van der Waals surface area contributed by atoms with E-state index in [0.717, 1.165) is 5.56 Å². The van der Waals surface area contributed by atoms with Gasteiger partial charge in [-0.3, -0.25) is 9.59 Å². The van der Waals surface area contributed by atoms with Crippen LogP contribution < -0.4 is 5.32 Å². The Kier molecular flexibility index (Phi) is 3.25. The van der Waals surface area contributed by atoms with Crippen LogP contribution in [-0.4, -0.2) is 40.4 Å². The number of nitrogens with one attached hydrogen (secondary N) is 1. The second-order valence-electron chi connectivity index (χ2n) is 5.33. The molecule has 0 spiro atoms. The van der Waals surface area contributed by atoms with Gasteiger partial charge in [0.05, 0.1) is 6.42 Å². The van der Waals surface area contributed by atoms with Gasteiger partial charge < -0.3 is 15.3 Å². The van der Waals surface area contributed by atoms with Gasteiger partial charge in [0.15, 0.2) is 0 Å². The van der Waals surface area contributed by atoms with Gasteiger partial charge in [0.2, 0.25) is 5.91 Å². The third-order valence-corrected chi connectivity index (χ3v) is 3.65. The predicted molar refractivity (Wildman–Crippen MR) is 72.6 cm³/mol. The molecule has 0 aliphatic carbocycles. The van der Waals surface area contributed by atoms with Gasteiger partial charge in [-0.1, -0.05) is 6.07 Å². The van der Waals surface area contributed by atoms with E-state index in [1.807, 2.05) is 0 Å². The lowest BCUT2D eigenvalue weighted by atomic mass is 10.0. The largest absolute Gasteiger partial charge is 0.480 e. The first kappa shape index (κ1) is 14.0. The number of amides is 2. The van der Waals surface area contributed by atoms with Gasteiger partial charge in [-0.25, -0.2) is 4.79 Å². The van der Waals surface area contributed by atoms with Crippen molar-refractivity contribution in [1.29, 1.82) is 0 Å². The maximum Gasteiger partial charge on any atom is 0.329 e. The summed E-state index contributed by atoms with van der Waals surface area (Å²) >= 11 is 0. The Morgan fingerprint density at radius 3 is 2.60 bits per heavy atom. The van der Waals surface area contributed by atoms with Gasteiger partial charge in [0.25, 0.3) is 5.91 Å². The second-order valence-corrected chi connectivity index (χ2v) is 5.33. The highest BCUT2D eigenvalue weighted by molar-refractivity contribution is 6.03. The topological polar surface area (TPSA) is 86.7 Å². The van der Waals surface area contributed by atoms with Gasteiger partial charge >= 0.3 is 5.97 Å². The van der Waals surface area contributed by atoms with Crippen molar-refractivity contribution in [3.8, 4) is 0 Å². The van der Waals surface area contributed by atoms with Crippen molar-refractivity contribution in [1.82, 2.24) is 4.90 Å². The SMILES string of the molecule is CN(C(=O)c1ccc2c(c1)NC(=O)C2)C(C)(C)C(=O)O. The standard InChI is InChI=1S/C14H16N2O4/c1-14(2,13(19)20)16(3)12(18)9-5-4-8-7-11(17)15-10(8)6-9/h4-6H,7H2,1-3H3,(H,15,17)(H,19,20). The second kappa shape index (κ2) is 4.63. The number of carboxylic acid groups (broad SMARTS) is 1. The quantitative estimate of drug-likeness (QED) is 0.866. The number of carbonyl (C=O) groups is 3. The lowest BCUT2D eigenvalue weighted by molar-refractivity contribution is -0.147. The van der Waals surface area contributed by atoms with Crippen molar-refractivity contribution in [2.24, 2.45) is 0 Å². The number of hydrogen-bond acceptors (Lipinski definition) is 3. The number of carboxylic acids is 1. The van der Waals surface area contributed by atoms with Crippen molar-refractivity contribution in [2.45, 2.75) is 25.8 Å². The molecule has 0 unspecified atom stereocenters. The Bertz CT molecular complexity index is 607. The summed E-state index contributed by atoms with van der Waals surface area (Å²) in [4.78, 5) is 36.0. The summed E-state index contributed by atoms with van der Waals surface area (Å²) in [5.74, 6) is -1.59. The lowest BCUT2D eigenvalue weighted by Crippen LogP contribution is -2.50. The summed E-state index contributed by atoms with van der Waals surface area (Å²) in [5.41, 5.74) is 0.496. The van der Waals surface area contributed by atoms with Crippen molar-refractivity contribution in [3.63, 3.8) is 0 Å². The Morgan fingerprint density at radius 2 is 2.00 bits per heavy atom. The van der Waals surface area contributed by atoms with Crippen LogP contribution >= 0.6 is 0 Å². The number of fused-ring (bicyclic) bond motifs is 1. The van der Waals surface area contributed by atoms with Gasteiger partial charge in [0.1, 0.15) is 5.54 Å². The monoisotopic (exact) mass is 276 g/mol. The molecule has 2 N–H and O–H groups in total. The average molecular weight is 276 g/mol. The summed E-state index contributed by atoms with van der Waals surface area (Å²) in [5, 5.41) is 11.8. The molecule has 1 heterocycles. The van der Waals surface area contributed by atoms with Crippen LogP contribution in [0.3, 0.4) is 0 Å². The van der Waals surface area contributed by atoms with Crippen LogP contribution in [0.15, 0.2) is 18.2 Å². The molecule has 6 heteroatoms. The van der Waals surface area contributed by atoms with Gasteiger partial charge in [0, 0.05) is 18.3 Å². The van der Waals surface area contributed by atoms with Crippen molar-refractivity contribution in [2.75, 3.05) is 12.4 Å². The minimum Gasteiger partial charge on any atom is -0.480 e. The number of likely N-dealkylation sites (N-methyl/N-ethyl adjacent to an activating group) is 1. The fraction of sp³-hybridized carbons (Fsp3) is 0.357. The van der Waals surface area contributed by atoms with E-state index in [2.05, 4.69) is 5.32 Å². The minimum absolute atomic E-state index is 0.108. The Labute approximate surface area is 116 Å². The molecule has 1 aromatic rings. The first-order valence-electron chi connectivity index (χ1n) is 6.18. The average Bonchev–Trinajstić information content (AvgIpc) is 2.75. The highest BCUT2D eigenvalue weighted by Crippen LogP contribution is 2.25. The number of rotatable bonds is 3. The number of benzene rings is 1. The Hall–Kier alpha value is -2.37. The van der Waals surface area contributed by atoms with Crippen molar-refractivity contribution >= 4 is 23.5 Å². The zero-order valence-electron chi connectivity index (χ0n) is 11.6. The van der Waals surface area contributed by atoms with Crippen LogP contribution in [0.2, 0.25) is 0 Å². The third-order valence-electron chi connectivity index (χ3n) is 3.65. The molecule has 106 valence electrons. The normalized spacial score (nSPS) is 13.7. The molecule has 6 nitrogen and oxygen atoms in total. The van der Waals surface area contributed by atoms with E-state index in [0.29, 0.717) is 17.7 Å². The maximum atomic E-state index is 12.3. The fourth-order valence-corrected chi connectivity index (χ4v) is 1.94. The molecule has 20 heavy (non-hydrogen) atoms. The molecule has 0 aromatic heterocycles. The number of carbonyl (C=O) groups excluding carboxylic acids is 2. The molecular weight excluding hydrogens is 260 g/mol. The smallest absolute Gasteiger partial charge is 0.329 e. The molecule has 0 atom stereocenters. The molecule has 0 fully saturated rings. The van der Waals surface area contributed by atoms with E-state index < -0.39 is 17.4 Å². The molecule has 0 saturated carbocycles. The predicted octanol–water partition coefficient (Wildman–Crippen LogP) is 1.12. The van der Waals surface area contributed by atoms with E-state index in [4.69, 9.17) is 5.11 Å². The first-order valence-corrected chi connectivity index (χ1v) is 6.18. The van der Waals surface area contributed by atoms with Crippen LogP contribution in [0.1, 0.15) is 29.8 Å². The summed E-state index contributed by atoms with van der Waals surface area (Å²) in [6, 6.07) is 4.90. The summed E-state index contributed by atoms with van der Waals surface area (Å²) in [6.45, 7) is 2.92. The molecular formula is C14H16N2O4. The first-order chi connectivity index (χ1) is 9.23. The van der Waals surface area contributed by atoms with Crippen molar-refractivity contribution < 1.29 is 19.5 Å². The Balaban J connectivity index is 2.29. The van der Waals surface area contributed by atoms with E-state index in [1.165, 1.54) is 25.8 Å². The molecule has 2 amide bonds. The molecule has 1 aliphatic rings. The number of nitrogens with zero attached hydrogens (tertiary/aromatic N) is 1. The summed E-state index contributed by atoms with van der Waals surface area (Å²) in [7, 11) is 1.45. The molecule has 1 aliphatic heterocycles. The fourth-order valence-electron chi connectivity index (χ4n) is 1.94. The van der Waals surface area contributed by atoms with E-state index in [-0.39, 0.29) is 5.91 Å². The molecule has 1 aromatic carbocycles. The lowest BCUT2D eigenvalue weighted by Gasteiger charge is -2.31. The van der Waals surface area contributed by atoms with Crippen LogP contribution in [0.4, 0.5) is 5.69 Å². The molecule has 0 radical (unpaired) electrons. The van der Waals surface area contributed by atoms with Crippen LogP contribution in [0.5, 0.6) is 0 Å². The van der Waals surface area contributed by atoms with E-state index in [9.17, 15) is 14.4 Å². The zero-order valence-corrected chi connectivity index (χ0v) is 11.6. The minimum atomic E-state index is -1.31. The molecule has 0 bridgehead atoms. The zero-order chi connectivity index (χ0) is 15.1. The van der Waals surface area contributed by atoms with Crippen LogP contribution in [-0.2, 0) is 16.0 Å². The molecule has 0 saturated heterocycles. The summed E-state index contributed by atoms with van der Waals surface area (Å²) < 4.78 is 0. The van der Waals surface area contributed by atoms with Gasteiger partial charge in [-0.2, -0.15) is 0 Å². The van der Waals surface area contributed by atoms with Crippen LogP contribution in [0, 0.1) is 0 Å². The van der Waals surface area contributed by atoms with Gasteiger partial charge in [-0.15, -0.1) is 0 Å². The third kappa shape index (κ3) is 2.24. The maximum absolute atomic E-state index is 12.3.